The number of hydrogen-bond donors (Lipinski definition) is 1. The molecule has 0 radical (unpaired) electrons. The molecular formula is C17H23NO4. The summed E-state index contributed by atoms with van der Waals surface area (Å²) in [5, 5.41) is 8.63. The molecule has 2 rings (SSSR count). The van der Waals surface area contributed by atoms with E-state index in [1.54, 1.807) is 6.20 Å². The summed E-state index contributed by atoms with van der Waals surface area (Å²) in [7, 11) is 0. The fourth-order valence-corrected chi connectivity index (χ4v) is 2.50. The molecule has 0 aliphatic carbocycles. The molecule has 1 aromatic rings. The summed E-state index contributed by atoms with van der Waals surface area (Å²) in [4.78, 5) is 14.7. The topological polar surface area (TPSA) is 68.7 Å². The lowest BCUT2D eigenvalue weighted by atomic mass is 9.92. The highest BCUT2D eigenvalue weighted by Gasteiger charge is 2.36. The molecule has 1 fully saturated rings. The molecule has 120 valence electrons. The third-order valence-electron chi connectivity index (χ3n) is 3.63. The Morgan fingerprint density at radius 1 is 1.50 bits per heavy atom. The minimum absolute atomic E-state index is 0.0680. The molecule has 0 unspecified atom stereocenters. The van der Waals surface area contributed by atoms with Gasteiger partial charge in [0.25, 0.3) is 0 Å². The number of hydrogen-bond acceptors (Lipinski definition) is 4. The Hall–Kier alpha value is -1.72. The molecule has 1 N–H and O–H groups in total. The molecule has 1 aliphatic heterocycles. The van der Waals surface area contributed by atoms with Crippen LogP contribution in [0.15, 0.2) is 36.7 Å². The van der Waals surface area contributed by atoms with Crippen molar-refractivity contribution in [2.45, 2.75) is 45.0 Å². The van der Waals surface area contributed by atoms with E-state index >= 15 is 0 Å². The smallest absolute Gasteiger partial charge is 0.303 e. The largest absolute Gasteiger partial charge is 0.481 e. The number of nitrogens with zero attached hydrogens (tertiary/aromatic N) is 1. The lowest BCUT2D eigenvalue weighted by Crippen LogP contribution is -2.41. The second-order valence-corrected chi connectivity index (χ2v) is 5.94. The minimum atomic E-state index is -0.774. The molecule has 22 heavy (non-hydrogen) atoms. The molecule has 0 saturated carbocycles. The van der Waals surface area contributed by atoms with Crippen LogP contribution in [0.1, 0.15) is 44.8 Å². The first-order valence-corrected chi connectivity index (χ1v) is 7.56. The molecular weight excluding hydrogens is 282 g/mol. The van der Waals surface area contributed by atoms with E-state index in [1.807, 2.05) is 44.3 Å². The van der Waals surface area contributed by atoms with Gasteiger partial charge in [0.15, 0.2) is 5.79 Å². The van der Waals surface area contributed by atoms with Gasteiger partial charge in [-0.25, -0.2) is 0 Å². The van der Waals surface area contributed by atoms with E-state index in [9.17, 15) is 4.79 Å². The van der Waals surface area contributed by atoms with Crippen molar-refractivity contribution in [1.29, 1.82) is 0 Å². The third-order valence-corrected chi connectivity index (χ3v) is 3.63. The minimum Gasteiger partial charge on any atom is -0.481 e. The molecule has 0 spiro atoms. The van der Waals surface area contributed by atoms with E-state index in [0.29, 0.717) is 13.0 Å². The van der Waals surface area contributed by atoms with E-state index < -0.39 is 11.8 Å². The van der Waals surface area contributed by atoms with E-state index in [-0.39, 0.29) is 18.4 Å². The Bertz CT molecular complexity index is 513. The first-order chi connectivity index (χ1) is 10.5. The van der Waals surface area contributed by atoms with Gasteiger partial charge in [0, 0.05) is 24.7 Å². The molecule has 1 aliphatic rings. The van der Waals surface area contributed by atoms with Crippen LogP contribution < -0.4 is 0 Å². The number of carbonyl (C=O) groups is 1. The molecule has 5 nitrogen and oxygen atoms in total. The Morgan fingerprint density at radius 2 is 2.32 bits per heavy atom. The van der Waals surface area contributed by atoms with Gasteiger partial charge in [-0.1, -0.05) is 18.2 Å². The second-order valence-electron chi connectivity index (χ2n) is 5.94. The molecule has 2 heterocycles. The van der Waals surface area contributed by atoms with E-state index in [4.69, 9.17) is 14.6 Å². The maximum atomic E-state index is 10.5. The van der Waals surface area contributed by atoms with E-state index in [2.05, 4.69) is 4.98 Å². The Balaban J connectivity index is 2.00. The fraction of sp³-hybridized carbons (Fsp3) is 0.529. The molecule has 1 aromatic heterocycles. The fourth-order valence-electron chi connectivity index (χ4n) is 2.50. The normalized spacial score (nSPS) is 24.5. The van der Waals surface area contributed by atoms with Crippen LogP contribution in [0.2, 0.25) is 0 Å². The van der Waals surface area contributed by atoms with Gasteiger partial charge >= 0.3 is 5.97 Å². The zero-order chi connectivity index (χ0) is 16.0. The van der Waals surface area contributed by atoms with E-state index in [0.717, 1.165) is 12.0 Å². The van der Waals surface area contributed by atoms with Gasteiger partial charge in [-0.2, -0.15) is 0 Å². The van der Waals surface area contributed by atoms with Crippen molar-refractivity contribution in [1.82, 2.24) is 4.98 Å². The first kappa shape index (κ1) is 16.6. The maximum absolute atomic E-state index is 10.5. The van der Waals surface area contributed by atoms with Crippen LogP contribution in [0.4, 0.5) is 0 Å². The van der Waals surface area contributed by atoms with Gasteiger partial charge < -0.3 is 14.6 Å². The number of carboxylic acids is 1. The molecule has 5 heteroatoms. The van der Waals surface area contributed by atoms with Crippen LogP contribution in [-0.4, -0.2) is 28.5 Å². The van der Waals surface area contributed by atoms with Crippen LogP contribution >= 0.6 is 0 Å². The number of pyridine rings is 1. The van der Waals surface area contributed by atoms with Gasteiger partial charge in [0.2, 0.25) is 0 Å². The van der Waals surface area contributed by atoms with Crippen molar-refractivity contribution >= 4 is 5.97 Å². The summed E-state index contributed by atoms with van der Waals surface area (Å²) in [5.41, 5.74) is 1.04. The number of carboxylic acid groups (broad SMARTS) is 1. The van der Waals surface area contributed by atoms with Gasteiger partial charge in [0.05, 0.1) is 12.7 Å². The average molecular weight is 305 g/mol. The Kier molecular flexibility index (Phi) is 5.69. The predicted molar refractivity (Wildman–Crippen MR) is 82.2 cm³/mol. The van der Waals surface area contributed by atoms with Gasteiger partial charge in [-0.3, -0.25) is 9.78 Å². The van der Waals surface area contributed by atoms with E-state index in [1.165, 1.54) is 0 Å². The lowest BCUT2D eigenvalue weighted by Gasteiger charge is -2.41. The third kappa shape index (κ3) is 4.93. The summed E-state index contributed by atoms with van der Waals surface area (Å²) >= 11 is 0. The molecule has 2 atom stereocenters. The summed E-state index contributed by atoms with van der Waals surface area (Å²) in [5.74, 6) is -1.19. The highest BCUT2D eigenvalue weighted by atomic mass is 16.7. The SMILES string of the molecule is CC1(C)OC[C@H](C/C=C\CCC(=O)O)[C@H](c2cccnc2)O1. The summed E-state index contributed by atoms with van der Waals surface area (Å²) in [6, 6.07) is 3.92. The van der Waals surface area contributed by atoms with Gasteiger partial charge in [-0.15, -0.1) is 0 Å². The van der Waals surface area contributed by atoms with Crippen molar-refractivity contribution < 1.29 is 19.4 Å². The average Bonchev–Trinajstić information content (AvgIpc) is 2.48. The number of aromatic nitrogens is 1. The van der Waals surface area contributed by atoms with Crippen LogP contribution in [0, 0.1) is 5.92 Å². The zero-order valence-corrected chi connectivity index (χ0v) is 13.1. The molecule has 0 bridgehead atoms. The second kappa shape index (κ2) is 7.51. The maximum Gasteiger partial charge on any atom is 0.303 e. The van der Waals surface area contributed by atoms with Gasteiger partial charge in [-0.05, 0) is 38.3 Å². The first-order valence-electron chi connectivity index (χ1n) is 7.56. The molecule has 1 saturated heterocycles. The highest BCUT2D eigenvalue weighted by Crippen LogP contribution is 2.38. The van der Waals surface area contributed by atoms with Crippen molar-refractivity contribution in [3.8, 4) is 0 Å². The van der Waals surface area contributed by atoms with Crippen molar-refractivity contribution in [3.63, 3.8) is 0 Å². The highest BCUT2D eigenvalue weighted by molar-refractivity contribution is 5.66. The summed E-state index contributed by atoms with van der Waals surface area (Å²) in [6.07, 6.45) is 8.93. The summed E-state index contributed by atoms with van der Waals surface area (Å²) in [6.45, 7) is 4.43. The van der Waals surface area contributed by atoms with Crippen LogP contribution in [0.3, 0.4) is 0 Å². The number of ether oxygens (including phenoxy) is 2. The number of aliphatic carboxylic acids is 1. The quantitative estimate of drug-likeness (QED) is 0.816. The Morgan fingerprint density at radius 3 is 3.00 bits per heavy atom. The number of rotatable bonds is 6. The number of allylic oxidation sites excluding steroid dienone is 2. The van der Waals surface area contributed by atoms with Crippen LogP contribution in [-0.2, 0) is 14.3 Å². The van der Waals surface area contributed by atoms with Crippen molar-refractivity contribution in [2.24, 2.45) is 5.92 Å². The predicted octanol–water partition coefficient (Wildman–Crippen LogP) is 3.33. The summed E-state index contributed by atoms with van der Waals surface area (Å²) < 4.78 is 11.8. The molecule has 0 amide bonds. The van der Waals surface area contributed by atoms with Crippen molar-refractivity contribution in [2.75, 3.05) is 6.61 Å². The standard InChI is InChI=1S/C17H23NO4/c1-17(2)21-12-14(7-4-3-5-9-15(19)20)16(22-17)13-8-6-10-18-11-13/h3-4,6,8,10-11,14,16H,5,7,9,12H2,1-2H3,(H,19,20)/b4-3-/t14-,16-/m0/s1. The van der Waals surface area contributed by atoms with Crippen LogP contribution in [0.5, 0.6) is 0 Å². The van der Waals surface area contributed by atoms with Gasteiger partial charge in [0.1, 0.15) is 0 Å². The molecule has 0 aromatic carbocycles. The Labute approximate surface area is 131 Å². The zero-order valence-electron chi connectivity index (χ0n) is 13.1. The van der Waals surface area contributed by atoms with Crippen molar-refractivity contribution in [3.05, 3.63) is 42.2 Å². The lowest BCUT2D eigenvalue weighted by molar-refractivity contribution is -0.295. The monoisotopic (exact) mass is 305 g/mol. The van der Waals surface area contributed by atoms with Crippen LogP contribution in [0.25, 0.3) is 0 Å².